The number of fused-ring (bicyclic) bond motifs is 1. The van der Waals surface area contributed by atoms with Gasteiger partial charge in [0.2, 0.25) is 0 Å². The van der Waals surface area contributed by atoms with Crippen LogP contribution in [0.15, 0.2) is 46.9 Å². The molecule has 2 aromatic carbocycles. The Hall–Kier alpha value is -2.94. The number of rotatable bonds is 5. The maximum atomic E-state index is 12.7. The Balaban J connectivity index is 1.38. The number of hydrogen-bond acceptors (Lipinski definition) is 5. The Morgan fingerprint density at radius 2 is 2.10 bits per heavy atom. The van der Waals surface area contributed by atoms with Gasteiger partial charge in [0.1, 0.15) is 11.3 Å². The molecule has 0 radical (unpaired) electrons. The summed E-state index contributed by atoms with van der Waals surface area (Å²) < 4.78 is 47.4. The zero-order chi connectivity index (χ0) is 21.3. The molecule has 0 unspecified atom stereocenters. The minimum Gasteiger partial charge on any atom is -0.424 e. The first kappa shape index (κ1) is 20.3. The lowest BCUT2D eigenvalue weighted by atomic mass is 10.1. The normalized spacial score (nSPS) is 16.8. The Bertz CT molecular complexity index is 1070. The molecular formula is C20H17ClF3N3O3. The van der Waals surface area contributed by atoms with Crippen molar-refractivity contribution in [2.75, 3.05) is 25.0 Å². The molecule has 1 atom stereocenters. The number of ether oxygens (including phenoxy) is 1. The van der Waals surface area contributed by atoms with Gasteiger partial charge in [0.25, 0.3) is 11.9 Å². The summed E-state index contributed by atoms with van der Waals surface area (Å²) in [5.74, 6) is -0.890. The van der Waals surface area contributed by atoms with Crippen LogP contribution >= 0.6 is 11.6 Å². The van der Waals surface area contributed by atoms with Gasteiger partial charge in [0.05, 0.1) is 5.56 Å². The van der Waals surface area contributed by atoms with E-state index >= 15 is 0 Å². The highest BCUT2D eigenvalue weighted by atomic mass is 35.5. The van der Waals surface area contributed by atoms with Gasteiger partial charge >= 0.3 is 6.36 Å². The van der Waals surface area contributed by atoms with E-state index in [1.54, 1.807) is 18.2 Å². The Morgan fingerprint density at radius 1 is 1.30 bits per heavy atom. The molecule has 1 aliphatic rings. The first-order valence-electron chi connectivity index (χ1n) is 9.22. The standard InChI is InChI=1S/C20H17ClF3N3O3/c21-13-5-6-15-17(9-13)29-19(26-15)25-10-12-7-8-27(11-12)18(28)14-3-1-2-4-16(14)30-20(22,23)24/h1-6,9,12H,7-8,10-11H2,(H,25,26)/t12-/m0/s1. The van der Waals surface area contributed by atoms with E-state index in [-0.39, 0.29) is 11.5 Å². The quantitative estimate of drug-likeness (QED) is 0.609. The number of carbonyl (C=O) groups is 1. The van der Waals surface area contributed by atoms with E-state index in [9.17, 15) is 18.0 Å². The summed E-state index contributed by atoms with van der Waals surface area (Å²) in [5, 5.41) is 3.65. The molecule has 4 rings (SSSR count). The Morgan fingerprint density at radius 3 is 2.90 bits per heavy atom. The summed E-state index contributed by atoms with van der Waals surface area (Å²) in [6, 6.07) is 10.9. The molecule has 3 aromatic rings. The predicted molar refractivity (Wildman–Crippen MR) is 105 cm³/mol. The number of nitrogens with one attached hydrogen (secondary N) is 1. The van der Waals surface area contributed by atoms with Crippen molar-refractivity contribution in [1.82, 2.24) is 9.88 Å². The van der Waals surface area contributed by atoms with Crippen molar-refractivity contribution in [3.05, 3.63) is 53.1 Å². The lowest BCUT2D eigenvalue weighted by Crippen LogP contribution is -2.30. The fourth-order valence-corrected chi connectivity index (χ4v) is 3.58. The first-order chi connectivity index (χ1) is 14.3. The van der Waals surface area contributed by atoms with Gasteiger partial charge in [-0.2, -0.15) is 4.98 Å². The Kier molecular flexibility index (Phi) is 5.46. The average molecular weight is 440 g/mol. The van der Waals surface area contributed by atoms with Gasteiger partial charge in [-0.3, -0.25) is 4.79 Å². The largest absolute Gasteiger partial charge is 0.573 e. The minimum absolute atomic E-state index is 0.100. The van der Waals surface area contributed by atoms with E-state index in [0.29, 0.717) is 48.2 Å². The topological polar surface area (TPSA) is 67.6 Å². The highest BCUT2D eigenvalue weighted by molar-refractivity contribution is 6.31. The van der Waals surface area contributed by atoms with Crippen molar-refractivity contribution in [3.63, 3.8) is 0 Å². The molecule has 1 aliphatic heterocycles. The number of aromatic nitrogens is 1. The maximum absolute atomic E-state index is 12.7. The van der Waals surface area contributed by atoms with Crippen LogP contribution in [0.5, 0.6) is 5.75 Å². The van der Waals surface area contributed by atoms with Crippen molar-refractivity contribution in [3.8, 4) is 5.75 Å². The zero-order valence-corrected chi connectivity index (χ0v) is 16.3. The number of likely N-dealkylation sites (tertiary alicyclic amines) is 1. The summed E-state index contributed by atoms with van der Waals surface area (Å²) in [4.78, 5) is 18.6. The molecule has 1 fully saturated rings. The average Bonchev–Trinajstić information content (AvgIpc) is 3.31. The van der Waals surface area contributed by atoms with Crippen LogP contribution in [0.1, 0.15) is 16.8 Å². The molecule has 158 valence electrons. The molecule has 1 amide bonds. The molecule has 0 spiro atoms. The SMILES string of the molecule is O=C(c1ccccc1OC(F)(F)F)N1CC[C@@H](CNc2nc3ccc(Cl)cc3o2)C1. The van der Waals surface area contributed by atoms with Crippen molar-refractivity contribution in [2.24, 2.45) is 5.92 Å². The van der Waals surface area contributed by atoms with Crippen LogP contribution in [-0.4, -0.2) is 41.8 Å². The van der Waals surface area contributed by atoms with Crippen LogP contribution in [0.25, 0.3) is 11.1 Å². The van der Waals surface area contributed by atoms with E-state index in [1.165, 1.54) is 23.1 Å². The van der Waals surface area contributed by atoms with Gasteiger partial charge < -0.3 is 19.4 Å². The Labute approximate surface area is 174 Å². The number of hydrogen-bond donors (Lipinski definition) is 1. The van der Waals surface area contributed by atoms with Crippen LogP contribution in [0.2, 0.25) is 5.02 Å². The second-order valence-electron chi connectivity index (χ2n) is 6.96. The van der Waals surface area contributed by atoms with E-state index in [4.69, 9.17) is 16.0 Å². The molecule has 0 bridgehead atoms. The number of para-hydroxylation sites is 1. The smallest absolute Gasteiger partial charge is 0.424 e. The third kappa shape index (κ3) is 4.62. The van der Waals surface area contributed by atoms with Gasteiger partial charge in [-0.25, -0.2) is 0 Å². The number of carbonyl (C=O) groups excluding carboxylic acids is 1. The minimum atomic E-state index is -4.86. The molecule has 30 heavy (non-hydrogen) atoms. The van der Waals surface area contributed by atoms with Crippen molar-refractivity contribution < 1.29 is 27.1 Å². The van der Waals surface area contributed by atoms with Crippen LogP contribution in [0.4, 0.5) is 19.2 Å². The van der Waals surface area contributed by atoms with Gasteiger partial charge in [-0.05, 0) is 36.6 Å². The number of alkyl halides is 3. The lowest BCUT2D eigenvalue weighted by Gasteiger charge is -2.19. The molecule has 6 nitrogen and oxygen atoms in total. The van der Waals surface area contributed by atoms with Gasteiger partial charge in [-0.1, -0.05) is 23.7 Å². The van der Waals surface area contributed by atoms with Gasteiger partial charge in [-0.15, -0.1) is 13.2 Å². The van der Waals surface area contributed by atoms with E-state index in [1.807, 2.05) is 0 Å². The van der Waals surface area contributed by atoms with Crippen molar-refractivity contribution in [1.29, 1.82) is 0 Å². The number of anilines is 1. The summed E-state index contributed by atoms with van der Waals surface area (Å²) in [6.45, 7) is 1.35. The number of oxazole rings is 1. The maximum Gasteiger partial charge on any atom is 0.573 e. The van der Waals surface area contributed by atoms with Gasteiger partial charge in [0.15, 0.2) is 5.58 Å². The highest BCUT2D eigenvalue weighted by Crippen LogP contribution is 2.29. The fraction of sp³-hybridized carbons (Fsp3) is 0.300. The number of benzene rings is 2. The predicted octanol–water partition coefficient (Wildman–Crippen LogP) is 4.95. The van der Waals surface area contributed by atoms with Crippen molar-refractivity contribution >= 4 is 34.6 Å². The van der Waals surface area contributed by atoms with Crippen LogP contribution in [0, 0.1) is 5.92 Å². The molecule has 1 N–H and O–H groups in total. The number of nitrogens with zero attached hydrogens (tertiary/aromatic N) is 2. The molecule has 10 heteroatoms. The summed E-state index contributed by atoms with van der Waals surface area (Å²) >= 11 is 5.93. The molecule has 0 aliphatic carbocycles. The highest BCUT2D eigenvalue weighted by Gasteiger charge is 2.34. The van der Waals surface area contributed by atoms with Crippen LogP contribution in [0.3, 0.4) is 0 Å². The fourth-order valence-electron chi connectivity index (χ4n) is 3.42. The number of halogens is 4. The number of amides is 1. The molecule has 2 heterocycles. The molecule has 1 aromatic heterocycles. The molecule has 1 saturated heterocycles. The monoisotopic (exact) mass is 439 g/mol. The summed E-state index contributed by atoms with van der Waals surface area (Å²) in [6.07, 6.45) is -4.16. The summed E-state index contributed by atoms with van der Waals surface area (Å²) in [5.41, 5.74) is 1.13. The molecule has 0 saturated carbocycles. The van der Waals surface area contributed by atoms with E-state index < -0.39 is 18.0 Å². The second-order valence-corrected chi connectivity index (χ2v) is 7.40. The van der Waals surface area contributed by atoms with Gasteiger partial charge in [0, 0.05) is 30.7 Å². The second kappa shape index (κ2) is 8.06. The lowest BCUT2D eigenvalue weighted by molar-refractivity contribution is -0.274. The van der Waals surface area contributed by atoms with E-state index in [0.717, 1.165) is 6.07 Å². The third-order valence-electron chi connectivity index (χ3n) is 4.81. The van der Waals surface area contributed by atoms with E-state index in [2.05, 4.69) is 15.0 Å². The first-order valence-corrected chi connectivity index (χ1v) is 9.60. The summed E-state index contributed by atoms with van der Waals surface area (Å²) in [7, 11) is 0. The third-order valence-corrected chi connectivity index (χ3v) is 5.04. The molecular weight excluding hydrogens is 423 g/mol. The zero-order valence-electron chi connectivity index (χ0n) is 15.6. The van der Waals surface area contributed by atoms with Crippen molar-refractivity contribution in [2.45, 2.75) is 12.8 Å². The van der Waals surface area contributed by atoms with Crippen LogP contribution < -0.4 is 10.1 Å². The van der Waals surface area contributed by atoms with Crippen LogP contribution in [-0.2, 0) is 0 Å².